The van der Waals surface area contributed by atoms with Gasteiger partial charge in [0.15, 0.2) is 0 Å². The number of nitrogens with zero attached hydrogens (tertiary/aromatic N) is 4. The van der Waals surface area contributed by atoms with Gasteiger partial charge in [-0.1, -0.05) is 48.2 Å². The Morgan fingerprint density at radius 2 is 2.05 bits per heavy atom. The van der Waals surface area contributed by atoms with E-state index in [1.54, 1.807) is 12.5 Å². The number of carbonyl (C=O) groups excluding carboxylic acids is 2. The summed E-state index contributed by atoms with van der Waals surface area (Å²) in [5.41, 5.74) is 5.82. The Morgan fingerprint density at radius 1 is 1.20 bits per heavy atom. The van der Waals surface area contributed by atoms with E-state index in [-0.39, 0.29) is 21.3 Å². The highest BCUT2D eigenvalue weighted by atomic mass is 127. The van der Waals surface area contributed by atoms with Crippen LogP contribution in [0.2, 0.25) is 0 Å². The van der Waals surface area contributed by atoms with Crippen molar-refractivity contribution in [3.8, 4) is 11.3 Å². The lowest BCUT2D eigenvalue weighted by atomic mass is 9.85. The van der Waals surface area contributed by atoms with Crippen molar-refractivity contribution in [3.05, 3.63) is 84.6 Å². The Balaban J connectivity index is 1.12. The van der Waals surface area contributed by atoms with Crippen molar-refractivity contribution in [1.82, 2.24) is 30.2 Å². The smallest absolute Gasteiger partial charge is 0.274 e. The molecule has 3 aromatic heterocycles. The lowest BCUT2D eigenvalue weighted by Crippen LogP contribution is -2.46. The molecule has 0 bridgehead atoms. The van der Waals surface area contributed by atoms with Crippen LogP contribution < -0.4 is 10.6 Å². The third-order valence-electron chi connectivity index (χ3n) is 8.53. The monoisotopic (exact) mass is 705 g/mol. The number of fused-ring (bicyclic) bond motifs is 1. The fourth-order valence-corrected chi connectivity index (χ4v) is 6.93. The molecule has 44 heavy (non-hydrogen) atoms. The van der Waals surface area contributed by atoms with Crippen LogP contribution in [0.5, 0.6) is 0 Å². The highest BCUT2D eigenvalue weighted by Crippen LogP contribution is 2.46. The summed E-state index contributed by atoms with van der Waals surface area (Å²) in [5, 5.41) is 6.99. The van der Waals surface area contributed by atoms with E-state index in [1.807, 2.05) is 36.4 Å². The molecular formula is C33H36IN7O3. The first-order chi connectivity index (χ1) is 21.3. The quantitative estimate of drug-likeness (QED) is 0.130. The second kappa shape index (κ2) is 13.1. The summed E-state index contributed by atoms with van der Waals surface area (Å²) in [5.74, 6) is -0.0788. The van der Waals surface area contributed by atoms with Crippen molar-refractivity contribution >= 4 is 51.1 Å². The molecule has 2 aliphatic rings. The Kier molecular flexibility index (Phi) is 9.06. The molecule has 2 aliphatic heterocycles. The largest absolute Gasteiger partial charge is 0.381 e. The Hall–Kier alpha value is -3.68. The number of halogens is 1. The highest BCUT2D eigenvalue weighted by Gasteiger charge is 2.40. The van der Waals surface area contributed by atoms with Gasteiger partial charge in [0.05, 0.1) is 15.7 Å². The number of piperidine rings is 1. The van der Waals surface area contributed by atoms with E-state index in [4.69, 9.17) is 9.72 Å². The van der Waals surface area contributed by atoms with E-state index >= 15 is 0 Å². The SMILES string of the molecule is C=CC(=O)N[C@@H]1CCCN(Cc2ccnc(C(=O)Nc3ccc(-c4cc5c([C@@]6(I)CCOC[C@@H]6C)ncnc5[nH]4)cc3)c2)C1. The van der Waals surface area contributed by atoms with Crippen molar-refractivity contribution in [2.75, 3.05) is 31.6 Å². The number of hydrogen-bond donors (Lipinski definition) is 3. The standard InChI is InChI=1S/C33H36IN7O3/c1-3-29(42)38-25-5-4-13-41(18-25)17-22-10-12-35-28(15-22)32(43)39-24-8-6-23(7-9-24)27-16-26-30(36-20-37-31(26)40-27)33(34)11-14-44-19-21(33)2/h3,6-10,12,15-16,20-21,25H,1,4-5,11,13-14,17-19H2,2H3,(H,38,42)(H,39,43)(H,36,37,40)/t21-,25+,33+/m0/s1. The van der Waals surface area contributed by atoms with Gasteiger partial charge in [-0.3, -0.25) is 19.5 Å². The minimum absolute atomic E-state index is 0.0970. The lowest BCUT2D eigenvalue weighted by Gasteiger charge is -2.37. The second-order valence-corrected chi connectivity index (χ2v) is 13.5. The third kappa shape index (κ3) is 6.54. The van der Waals surface area contributed by atoms with Crippen LogP contribution in [0.25, 0.3) is 22.3 Å². The van der Waals surface area contributed by atoms with Gasteiger partial charge in [-0.15, -0.1) is 0 Å². The Morgan fingerprint density at radius 3 is 2.84 bits per heavy atom. The first kappa shape index (κ1) is 30.4. The number of ether oxygens (including phenoxy) is 1. The van der Waals surface area contributed by atoms with E-state index in [0.717, 1.165) is 79.1 Å². The van der Waals surface area contributed by atoms with E-state index in [1.165, 1.54) is 6.08 Å². The normalized spacial score (nSPS) is 22.4. The average Bonchev–Trinajstić information content (AvgIpc) is 3.48. The first-order valence-electron chi connectivity index (χ1n) is 15.0. The molecule has 0 spiro atoms. The Labute approximate surface area is 270 Å². The number of alkyl halides is 1. The predicted molar refractivity (Wildman–Crippen MR) is 178 cm³/mol. The molecule has 0 unspecified atom stereocenters. The predicted octanol–water partition coefficient (Wildman–Crippen LogP) is 5.23. The Bertz CT molecular complexity index is 1670. The van der Waals surface area contributed by atoms with E-state index in [0.29, 0.717) is 23.8 Å². The van der Waals surface area contributed by atoms with E-state index in [9.17, 15) is 9.59 Å². The van der Waals surface area contributed by atoms with Gasteiger partial charge in [-0.2, -0.15) is 0 Å². The van der Waals surface area contributed by atoms with Crippen molar-refractivity contribution in [3.63, 3.8) is 0 Å². The summed E-state index contributed by atoms with van der Waals surface area (Å²) < 4.78 is 5.58. The van der Waals surface area contributed by atoms with Gasteiger partial charge in [0.1, 0.15) is 17.7 Å². The molecule has 0 aliphatic carbocycles. The number of pyridine rings is 1. The van der Waals surface area contributed by atoms with Crippen molar-refractivity contribution in [2.24, 2.45) is 5.92 Å². The molecule has 3 N–H and O–H groups in total. The molecule has 0 saturated carbocycles. The number of benzene rings is 1. The van der Waals surface area contributed by atoms with Crippen LogP contribution in [-0.2, 0) is 19.5 Å². The van der Waals surface area contributed by atoms with Gasteiger partial charge >= 0.3 is 0 Å². The summed E-state index contributed by atoms with van der Waals surface area (Å²) in [4.78, 5) is 44.1. The second-order valence-electron chi connectivity index (χ2n) is 11.6. The zero-order chi connectivity index (χ0) is 30.7. The number of amides is 2. The minimum Gasteiger partial charge on any atom is -0.381 e. The lowest BCUT2D eigenvalue weighted by molar-refractivity contribution is -0.117. The van der Waals surface area contributed by atoms with Crippen molar-refractivity contribution in [1.29, 1.82) is 0 Å². The highest BCUT2D eigenvalue weighted by molar-refractivity contribution is 14.1. The molecule has 11 heteroatoms. The maximum atomic E-state index is 13.1. The fourth-order valence-electron chi connectivity index (χ4n) is 6.10. The first-order valence-corrected chi connectivity index (χ1v) is 16.0. The van der Waals surface area contributed by atoms with Crippen LogP contribution in [0.1, 0.15) is 47.9 Å². The van der Waals surface area contributed by atoms with Crippen LogP contribution in [0.4, 0.5) is 5.69 Å². The summed E-state index contributed by atoms with van der Waals surface area (Å²) in [7, 11) is 0. The fraction of sp³-hybridized carbons (Fsp3) is 0.364. The number of anilines is 1. The number of aromatic amines is 1. The number of hydrogen-bond acceptors (Lipinski definition) is 7. The molecule has 6 rings (SSSR count). The van der Waals surface area contributed by atoms with Gasteiger partial charge in [0.2, 0.25) is 5.91 Å². The molecule has 2 fully saturated rings. The van der Waals surface area contributed by atoms with Crippen molar-refractivity contribution in [2.45, 2.75) is 42.2 Å². The average molecular weight is 706 g/mol. The number of nitrogens with one attached hydrogen (secondary N) is 3. The zero-order valence-corrected chi connectivity index (χ0v) is 26.8. The zero-order valence-electron chi connectivity index (χ0n) is 24.7. The molecule has 5 heterocycles. The number of carbonyl (C=O) groups is 2. The minimum atomic E-state index is -0.266. The van der Waals surface area contributed by atoms with Gasteiger partial charge < -0.3 is 20.4 Å². The number of rotatable bonds is 8. The van der Waals surface area contributed by atoms with Crippen LogP contribution in [0.3, 0.4) is 0 Å². The molecule has 3 atom stereocenters. The van der Waals surface area contributed by atoms with E-state index < -0.39 is 0 Å². The molecule has 2 amide bonds. The summed E-state index contributed by atoms with van der Waals surface area (Å²) in [6, 6.07) is 13.7. The third-order valence-corrected chi connectivity index (χ3v) is 10.6. The number of aromatic nitrogens is 4. The number of H-pyrrole nitrogens is 1. The van der Waals surface area contributed by atoms with Gasteiger partial charge in [-0.05, 0) is 79.3 Å². The summed E-state index contributed by atoms with van der Waals surface area (Å²) in [6.07, 6.45) is 7.46. The molecular weight excluding hydrogens is 669 g/mol. The molecule has 4 aromatic rings. The van der Waals surface area contributed by atoms with Crippen LogP contribution in [0.15, 0.2) is 67.6 Å². The number of likely N-dealkylation sites (tertiary alicyclic amines) is 1. The van der Waals surface area contributed by atoms with Crippen molar-refractivity contribution < 1.29 is 14.3 Å². The maximum Gasteiger partial charge on any atom is 0.274 e. The van der Waals surface area contributed by atoms with Gasteiger partial charge in [0, 0.05) is 48.7 Å². The molecule has 228 valence electrons. The van der Waals surface area contributed by atoms with Crippen LogP contribution in [-0.4, -0.2) is 69.0 Å². The van der Waals surface area contributed by atoms with E-state index in [2.05, 4.69) is 72.6 Å². The summed E-state index contributed by atoms with van der Waals surface area (Å²) in [6.45, 7) is 9.56. The van der Waals surface area contributed by atoms with Gasteiger partial charge in [0.25, 0.3) is 5.91 Å². The molecule has 10 nitrogen and oxygen atoms in total. The van der Waals surface area contributed by atoms with Crippen LogP contribution in [0, 0.1) is 5.92 Å². The molecule has 0 radical (unpaired) electrons. The summed E-state index contributed by atoms with van der Waals surface area (Å²) >= 11 is 2.55. The molecule has 2 saturated heterocycles. The van der Waals surface area contributed by atoms with Crippen LogP contribution >= 0.6 is 22.6 Å². The topological polar surface area (TPSA) is 125 Å². The maximum absolute atomic E-state index is 13.1. The molecule has 1 aromatic carbocycles. The van der Waals surface area contributed by atoms with Gasteiger partial charge in [-0.25, -0.2) is 9.97 Å².